The van der Waals surface area contributed by atoms with E-state index in [1.807, 2.05) is 27.7 Å². The number of amides is 2. The van der Waals surface area contributed by atoms with Gasteiger partial charge in [-0.2, -0.15) is 4.98 Å². The van der Waals surface area contributed by atoms with Crippen LogP contribution >= 0.6 is 0 Å². The number of rotatable bonds is 5. The number of phenols is 1. The highest BCUT2D eigenvalue weighted by Gasteiger charge is 2.46. The van der Waals surface area contributed by atoms with Crippen LogP contribution in [-0.2, 0) is 9.59 Å². The van der Waals surface area contributed by atoms with E-state index in [1.54, 1.807) is 6.92 Å². The van der Waals surface area contributed by atoms with E-state index in [2.05, 4.69) is 21.5 Å². The first kappa shape index (κ1) is 32.7. The van der Waals surface area contributed by atoms with Crippen molar-refractivity contribution in [3.8, 4) is 22.6 Å². The molecule has 4 heterocycles. The van der Waals surface area contributed by atoms with Crippen molar-refractivity contribution in [3.05, 3.63) is 76.5 Å². The number of aromatic nitrogens is 4. The van der Waals surface area contributed by atoms with Gasteiger partial charge in [0.2, 0.25) is 5.91 Å². The predicted octanol–water partition coefficient (Wildman–Crippen LogP) is 4.78. The average molecular weight is 662 g/mol. The molecule has 6 rings (SSSR count). The number of piperazine rings is 1. The Morgan fingerprint density at radius 1 is 1.00 bits per heavy atom. The SMILES string of the molecule is C=CC(=O)N1CC(C)N2c3nc(=O)n(-c4c(C(C)C)ncnc4C(C)C)c4c(F)c(-c5c(O)cccc5F)c(F)c(c34)N(C)C(=O)C2C1. The molecule has 11 nitrogen and oxygen atoms in total. The lowest BCUT2D eigenvalue weighted by atomic mass is 9.97. The molecule has 1 fully saturated rings. The molecule has 2 aromatic heterocycles. The van der Waals surface area contributed by atoms with Crippen LogP contribution in [-0.4, -0.2) is 73.6 Å². The van der Waals surface area contributed by atoms with Crippen LogP contribution in [0, 0.1) is 17.5 Å². The third-order valence-electron chi connectivity index (χ3n) is 8.98. The van der Waals surface area contributed by atoms with Gasteiger partial charge in [0.05, 0.1) is 45.8 Å². The summed E-state index contributed by atoms with van der Waals surface area (Å²) in [6.45, 7) is 12.5. The van der Waals surface area contributed by atoms with Crippen molar-refractivity contribution in [2.75, 3.05) is 29.9 Å². The first-order chi connectivity index (χ1) is 22.7. The maximum absolute atomic E-state index is 17.4. The fourth-order valence-corrected chi connectivity index (χ4v) is 6.83. The summed E-state index contributed by atoms with van der Waals surface area (Å²) in [7, 11) is 1.27. The minimum atomic E-state index is -1.37. The lowest BCUT2D eigenvalue weighted by Crippen LogP contribution is -2.63. The molecule has 2 aliphatic rings. The molecular weight excluding hydrogens is 627 g/mol. The Hall–Kier alpha value is -5.27. The lowest BCUT2D eigenvalue weighted by Gasteiger charge is -2.45. The molecule has 0 aliphatic carbocycles. The summed E-state index contributed by atoms with van der Waals surface area (Å²) in [5, 5.41) is 10.5. The van der Waals surface area contributed by atoms with Crippen molar-refractivity contribution in [1.29, 1.82) is 0 Å². The van der Waals surface area contributed by atoms with Crippen LogP contribution in [0.2, 0.25) is 0 Å². The Morgan fingerprint density at radius 3 is 2.23 bits per heavy atom. The summed E-state index contributed by atoms with van der Waals surface area (Å²) in [5.74, 6) is -6.54. The van der Waals surface area contributed by atoms with E-state index < -0.39 is 75.1 Å². The molecule has 2 aliphatic heterocycles. The molecule has 0 radical (unpaired) electrons. The number of carbonyl (C=O) groups excluding carboxylic acids is 2. The van der Waals surface area contributed by atoms with Gasteiger partial charge < -0.3 is 19.8 Å². The van der Waals surface area contributed by atoms with Crippen molar-refractivity contribution in [2.24, 2.45) is 0 Å². The largest absolute Gasteiger partial charge is 0.507 e. The van der Waals surface area contributed by atoms with Gasteiger partial charge in [-0.3, -0.25) is 14.2 Å². The zero-order valence-corrected chi connectivity index (χ0v) is 27.3. The van der Waals surface area contributed by atoms with Gasteiger partial charge >= 0.3 is 5.69 Å². The van der Waals surface area contributed by atoms with Gasteiger partial charge in [-0.25, -0.2) is 27.9 Å². The number of anilines is 2. The predicted molar refractivity (Wildman–Crippen MR) is 174 cm³/mol. The highest BCUT2D eigenvalue weighted by atomic mass is 19.1. The quantitative estimate of drug-likeness (QED) is 0.303. The molecule has 0 spiro atoms. The number of halogens is 3. The van der Waals surface area contributed by atoms with E-state index in [1.165, 1.54) is 29.2 Å². The molecule has 48 heavy (non-hydrogen) atoms. The van der Waals surface area contributed by atoms with Gasteiger partial charge in [-0.1, -0.05) is 40.3 Å². The average Bonchev–Trinajstić information content (AvgIpc) is 3.12. The fourth-order valence-electron chi connectivity index (χ4n) is 6.83. The van der Waals surface area contributed by atoms with Gasteiger partial charge in [0.1, 0.15) is 35.3 Å². The summed E-state index contributed by atoms with van der Waals surface area (Å²) in [4.78, 5) is 58.4. The van der Waals surface area contributed by atoms with E-state index in [-0.39, 0.29) is 41.8 Å². The molecule has 2 atom stereocenters. The molecule has 2 aromatic carbocycles. The summed E-state index contributed by atoms with van der Waals surface area (Å²) < 4.78 is 50.9. The van der Waals surface area contributed by atoms with Crippen LogP contribution in [0.15, 0.2) is 42.0 Å². The number of phenolic OH excluding ortho intramolecular Hbond substituents is 1. The maximum atomic E-state index is 17.4. The molecule has 4 aromatic rings. The fraction of sp³-hybridized carbons (Fsp3) is 0.353. The third kappa shape index (κ3) is 4.72. The Morgan fingerprint density at radius 2 is 1.65 bits per heavy atom. The van der Waals surface area contributed by atoms with Crippen LogP contribution in [0.1, 0.15) is 57.8 Å². The van der Waals surface area contributed by atoms with Crippen molar-refractivity contribution in [1.82, 2.24) is 24.4 Å². The number of hydrogen-bond acceptors (Lipinski definition) is 8. The summed E-state index contributed by atoms with van der Waals surface area (Å²) in [6.07, 6.45) is 2.45. The number of benzene rings is 2. The summed E-state index contributed by atoms with van der Waals surface area (Å²) in [6, 6.07) is 1.37. The Balaban J connectivity index is 1.86. The van der Waals surface area contributed by atoms with E-state index in [9.17, 15) is 19.5 Å². The zero-order chi connectivity index (χ0) is 34.9. The topological polar surface area (TPSA) is 125 Å². The van der Waals surface area contributed by atoms with Crippen molar-refractivity contribution in [3.63, 3.8) is 0 Å². The van der Waals surface area contributed by atoms with E-state index in [0.717, 1.165) is 27.7 Å². The van der Waals surface area contributed by atoms with Crippen LogP contribution in [0.4, 0.5) is 24.7 Å². The number of carbonyl (C=O) groups is 2. The first-order valence-electron chi connectivity index (χ1n) is 15.5. The standard InChI is InChI=1S/C34H34F3N7O4/c1-8-21(46)42-12-17(6)43-19(13-42)33(47)41(7)29-24-30(26(37)23(25(29)36)22-18(35)10-9-11-20(22)45)44(34(48)40-32(24)43)31-27(15(2)3)38-14-39-28(31)16(4)5/h8-11,14-17,19,45H,1,12-13H2,2-7H3. The highest BCUT2D eigenvalue weighted by Crippen LogP contribution is 2.48. The van der Waals surface area contributed by atoms with Crippen molar-refractivity contribution in [2.45, 2.75) is 58.5 Å². The Bertz CT molecular complexity index is 2050. The first-order valence-corrected chi connectivity index (χ1v) is 15.5. The Labute approximate surface area is 274 Å². The smallest absolute Gasteiger partial charge is 0.354 e. The molecule has 2 unspecified atom stereocenters. The summed E-state index contributed by atoms with van der Waals surface area (Å²) in [5.41, 5.74) is -2.89. The second-order valence-corrected chi connectivity index (χ2v) is 12.7. The Kier molecular flexibility index (Phi) is 8.00. The van der Waals surface area contributed by atoms with Gasteiger partial charge in [0, 0.05) is 19.6 Å². The number of aromatic hydroxyl groups is 1. The van der Waals surface area contributed by atoms with Crippen LogP contribution in [0.25, 0.3) is 27.7 Å². The third-order valence-corrected chi connectivity index (χ3v) is 8.98. The maximum Gasteiger partial charge on any atom is 0.354 e. The number of nitrogens with zero attached hydrogens (tertiary/aromatic N) is 7. The molecule has 250 valence electrons. The van der Waals surface area contributed by atoms with Gasteiger partial charge in [-0.05, 0) is 37.0 Å². The number of hydrogen-bond donors (Lipinski definition) is 1. The van der Waals surface area contributed by atoms with Gasteiger partial charge in [0.25, 0.3) is 5.91 Å². The van der Waals surface area contributed by atoms with E-state index in [4.69, 9.17) is 0 Å². The lowest BCUT2D eigenvalue weighted by molar-refractivity contribution is -0.129. The molecule has 0 bridgehead atoms. The summed E-state index contributed by atoms with van der Waals surface area (Å²) >= 11 is 0. The van der Waals surface area contributed by atoms with E-state index in [0.29, 0.717) is 11.4 Å². The van der Waals surface area contributed by atoms with Crippen LogP contribution < -0.4 is 15.5 Å². The molecule has 0 saturated carbocycles. The number of fused-ring (bicyclic) bond motifs is 2. The monoisotopic (exact) mass is 661 g/mol. The van der Waals surface area contributed by atoms with E-state index >= 15 is 13.2 Å². The number of likely N-dealkylation sites (N-methyl/N-ethyl adjacent to an activating group) is 1. The van der Waals surface area contributed by atoms with Crippen molar-refractivity contribution >= 4 is 34.2 Å². The normalized spacial score (nSPS) is 17.7. The molecule has 14 heteroatoms. The molecule has 1 N–H and O–H groups in total. The van der Waals surface area contributed by atoms with Gasteiger partial charge in [-0.15, -0.1) is 0 Å². The van der Waals surface area contributed by atoms with Crippen LogP contribution in [0.3, 0.4) is 0 Å². The second kappa shape index (κ2) is 11.8. The van der Waals surface area contributed by atoms with Gasteiger partial charge in [0.15, 0.2) is 11.6 Å². The highest BCUT2D eigenvalue weighted by molar-refractivity contribution is 6.14. The minimum Gasteiger partial charge on any atom is -0.507 e. The van der Waals surface area contributed by atoms with Crippen LogP contribution in [0.5, 0.6) is 5.75 Å². The zero-order valence-electron chi connectivity index (χ0n) is 27.3. The molecule has 2 amide bonds. The minimum absolute atomic E-state index is 0.0909. The second-order valence-electron chi connectivity index (χ2n) is 12.7. The van der Waals surface area contributed by atoms with Crippen molar-refractivity contribution < 1.29 is 27.9 Å². The molecular formula is C34H34F3N7O4. The molecule has 1 saturated heterocycles.